The van der Waals surface area contributed by atoms with Gasteiger partial charge >= 0.3 is 0 Å². The van der Waals surface area contributed by atoms with Crippen molar-refractivity contribution in [2.24, 2.45) is 0 Å². The summed E-state index contributed by atoms with van der Waals surface area (Å²) in [6, 6.07) is 9.96. The highest BCUT2D eigenvalue weighted by atomic mass is 79.9. The van der Waals surface area contributed by atoms with Gasteiger partial charge in [0.1, 0.15) is 11.6 Å². The lowest BCUT2D eigenvalue weighted by molar-refractivity contribution is -0.116. The highest BCUT2D eigenvalue weighted by molar-refractivity contribution is 9.10. The molecule has 1 saturated heterocycles. The summed E-state index contributed by atoms with van der Waals surface area (Å²) in [7, 11) is 0. The minimum Gasteiger partial charge on any atom is -0.493 e. The van der Waals surface area contributed by atoms with Crippen molar-refractivity contribution in [2.45, 2.75) is 38.6 Å². The Labute approximate surface area is 222 Å². The Morgan fingerprint density at radius 2 is 2.00 bits per heavy atom. The first kappa shape index (κ1) is 26.2. The van der Waals surface area contributed by atoms with E-state index in [0.29, 0.717) is 52.6 Å². The normalized spacial score (nSPS) is 14.1. The fourth-order valence-corrected chi connectivity index (χ4v) is 4.83. The van der Waals surface area contributed by atoms with E-state index >= 15 is 0 Å². The molecule has 1 N–H and O–H groups in total. The molecule has 0 spiro atoms. The Morgan fingerprint density at radius 3 is 2.72 bits per heavy atom. The predicted octanol–water partition coefficient (Wildman–Crippen LogP) is 5.89. The van der Waals surface area contributed by atoms with Crippen LogP contribution in [0.1, 0.15) is 48.1 Å². The summed E-state index contributed by atoms with van der Waals surface area (Å²) in [5, 5.41) is 7.79. The van der Waals surface area contributed by atoms with Crippen LogP contribution >= 0.6 is 27.5 Å². The van der Waals surface area contributed by atoms with Crippen LogP contribution in [-0.4, -0.2) is 46.2 Å². The molecule has 10 heteroatoms. The molecule has 0 bridgehead atoms. The Bertz CT molecular complexity index is 1240. The number of carbonyl (C=O) groups is 2. The lowest BCUT2D eigenvalue weighted by Crippen LogP contribution is -2.39. The number of nitrogens with one attached hydrogen (secondary N) is 1. The maximum absolute atomic E-state index is 13.4. The van der Waals surface area contributed by atoms with Gasteiger partial charge in [0.05, 0.1) is 34.6 Å². The van der Waals surface area contributed by atoms with Crippen molar-refractivity contribution in [1.29, 1.82) is 0 Å². The number of aryl methyl sites for hydroxylation is 1. The van der Waals surface area contributed by atoms with E-state index in [-0.39, 0.29) is 30.1 Å². The first-order chi connectivity index (χ1) is 17.3. The number of ether oxygens (including phenoxy) is 1. The standard InChI is InChI=1S/C26H27BrClFN4O3/c1-2-36-24-7-5-18(28)14-21(24)26(35)32-11-9-20(10-12-32)33-16-19(15-30-33)31-25(34)8-4-17-3-6-23(29)22(27)13-17/h3,5-7,13-16,20H,2,4,8-12H2,1H3,(H,31,34). The number of aromatic nitrogens is 2. The highest BCUT2D eigenvalue weighted by Gasteiger charge is 2.27. The molecule has 36 heavy (non-hydrogen) atoms. The first-order valence-electron chi connectivity index (χ1n) is 11.8. The van der Waals surface area contributed by atoms with Gasteiger partial charge < -0.3 is 15.0 Å². The van der Waals surface area contributed by atoms with Gasteiger partial charge in [0, 0.05) is 30.7 Å². The van der Waals surface area contributed by atoms with Gasteiger partial charge in [0.15, 0.2) is 0 Å². The van der Waals surface area contributed by atoms with Crippen LogP contribution < -0.4 is 10.1 Å². The maximum atomic E-state index is 13.4. The lowest BCUT2D eigenvalue weighted by Gasteiger charge is -2.32. The van der Waals surface area contributed by atoms with Gasteiger partial charge in [-0.2, -0.15) is 5.10 Å². The fraction of sp³-hybridized carbons (Fsp3) is 0.346. The molecule has 0 unspecified atom stereocenters. The number of amides is 2. The molecule has 2 amide bonds. The van der Waals surface area contributed by atoms with Gasteiger partial charge in [-0.3, -0.25) is 14.3 Å². The van der Waals surface area contributed by atoms with Crippen LogP contribution in [0, 0.1) is 5.82 Å². The Balaban J connectivity index is 1.29. The quantitative estimate of drug-likeness (QED) is 0.363. The number of anilines is 1. The number of hydrogen-bond donors (Lipinski definition) is 1. The Kier molecular flexibility index (Phi) is 8.64. The van der Waals surface area contributed by atoms with Gasteiger partial charge in [-0.25, -0.2) is 4.39 Å². The molecule has 0 radical (unpaired) electrons. The summed E-state index contributed by atoms with van der Waals surface area (Å²) >= 11 is 9.28. The third-order valence-corrected chi connectivity index (χ3v) is 6.95. The number of carbonyl (C=O) groups excluding carboxylic acids is 2. The van der Waals surface area contributed by atoms with Gasteiger partial charge in [-0.15, -0.1) is 0 Å². The van der Waals surface area contributed by atoms with Crippen LogP contribution in [0.25, 0.3) is 0 Å². The average Bonchev–Trinajstić information content (AvgIpc) is 3.34. The minimum atomic E-state index is -0.328. The topological polar surface area (TPSA) is 76.5 Å². The second kappa shape index (κ2) is 11.9. The molecule has 0 saturated carbocycles. The number of rotatable bonds is 8. The Morgan fingerprint density at radius 1 is 1.22 bits per heavy atom. The van der Waals surface area contributed by atoms with Crippen LogP contribution in [0.3, 0.4) is 0 Å². The summed E-state index contributed by atoms with van der Waals surface area (Å²) in [6.07, 6.45) is 5.71. The monoisotopic (exact) mass is 576 g/mol. The van der Waals surface area contributed by atoms with Crippen molar-refractivity contribution in [2.75, 3.05) is 25.0 Å². The summed E-state index contributed by atoms with van der Waals surface area (Å²) in [4.78, 5) is 27.3. The zero-order chi connectivity index (χ0) is 25.7. The van der Waals surface area contributed by atoms with Crippen LogP contribution in [0.5, 0.6) is 5.75 Å². The second-order valence-electron chi connectivity index (χ2n) is 8.60. The molecular formula is C26H27BrClFN4O3. The van der Waals surface area contributed by atoms with E-state index in [1.165, 1.54) is 6.07 Å². The van der Waals surface area contributed by atoms with Crippen LogP contribution in [-0.2, 0) is 11.2 Å². The molecule has 2 heterocycles. The number of piperidine rings is 1. The van der Waals surface area contributed by atoms with E-state index in [4.69, 9.17) is 16.3 Å². The molecule has 1 aliphatic heterocycles. The molecule has 0 atom stereocenters. The average molecular weight is 578 g/mol. The molecule has 0 aliphatic carbocycles. The molecule has 1 fully saturated rings. The summed E-state index contributed by atoms with van der Waals surface area (Å²) in [5.41, 5.74) is 1.97. The highest BCUT2D eigenvalue weighted by Crippen LogP contribution is 2.28. The lowest BCUT2D eigenvalue weighted by atomic mass is 10.0. The number of nitrogens with zero attached hydrogens (tertiary/aromatic N) is 3. The van der Waals surface area contributed by atoms with Gasteiger partial charge in [0.2, 0.25) is 5.91 Å². The SMILES string of the molecule is CCOc1ccc(Cl)cc1C(=O)N1CCC(n2cc(NC(=O)CCc3ccc(F)c(Br)c3)cn2)CC1. The third-order valence-electron chi connectivity index (χ3n) is 6.11. The molecule has 4 rings (SSSR count). The van der Waals surface area contributed by atoms with Crippen molar-refractivity contribution in [1.82, 2.24) is 14.7 Å². The van der Waals surface area contributed by atoms with Crippen molar-refractivity contribution in [3.05, 3.63) is 75.2 Å². The summed E-state index contributed by atoms with van der Waals surface area (Å²) in [6.45, 7) is 3.50. The molecule has 7 nitrogen and oxygen atoms in total. The summed E-state index contributed by atoms with van der Waals surface area (Å²) in [5.74, 6) is -0.0258. The van der Waals surface area contributed by atoms with Crippen LogP contribution in [0.15, 0.2) is 53.3 Å². The molecule has 3 aromatic rings. The third kappa shape index (κ3) is 6.44. The first-order valence-corrected chi connectivity index (χ1v) is 13.0. The van der Waals surface area contributed by atoms with Gasteiger partial charge in [-0.1, -0.05) is 17.7 Å². The van der Waals surface area contributed by atoms with E-state index in [1.807, 2.05) is 22.7 Å². The van der Waals surface area contributed by atoms with Gasteiger partial charge in [-0.05, 0) is 78.0 Å². The zero-order valence-corrected chi connectivity index (χ0v) is 22.2. The predicted molar refractivity (Wildman–Crippen MR) is 140 cm³/mol. The van der Waals surface area contributed by atoms with E-state index < -0.39 is 0 Å². The minimum absolute atomic E-state index is 0.0963. The molecule has 1 aromatic heterocycles. The smallest absolute Gasteiger partial charge is 0.257 e. The number of benzene rings is 2. The number of halogens is 3. The van der Waals surface area contributed by atoms with E-state index in [2.05, 4.69) is 26.3 Å². The second-order valence-corrected chi connectivity index (χ2v) is 9.89. The fourth-order valence-electron chi connectivity index (χ4n) is 4.23. The van der Waals surface area contributed by atoms with Crippen LogP contribution in [0.4, 0.5) is 10.1 Å². The van der Waals surface area contributed by atoms with Crippen molar-refractivity contribution < 1.29 is 18.7 Å². The maximum Gasteiger partial charge on any atom is 0.257 e. The van der Waals surface area contributed by atoms with E-state index in [1.54, 1.807) is 36.5 Å². The molecule has 190 valence electrons. The Hall–Kier alpha value is -2.91. The van der Waals surface area contributed by atoms with Crippen molar-refractivity contribution >= 4 is 45.0 Å². The molecular weight excluding hydrogens is 551 g/mol. The molecule has 1 aliphatic rings. The van der Waals surface area contributed by atoms with Gasteiger partial charge in [0.25, 0.3) is 5.91 Å². The zero-order valence-electron chi connectivity index (χ0n) is 19.8. The largest absolute Gasteiger partial charge is 0.493 e. The number of hydrogen-bond acceptors (Lipinski definition) is 4. The van der Waals surface area contributed by atoms with E-state index in [9.17, 15) is 14.0 Å². The number of likely N-dealkylation sites (tertiary alicyclic amines) is 1. The van der Waals surface area contributed by atoms with Crippen LogP contribution in [0.2, 0.25) is 5.02 Å². The summed E-state index contributed by atoms with van der Waals surface area (Å²) < 4.78 is 21.2. The molecule has 2 aromatic carbocycles. The van der Waals surface area contributed by atoms with E-state index in [0.717, 1.165) is 18.4 Å². The van der Waals surface area contributed by atoms with Crippen molar-refractivity contribution in [3.63, 3.8) is 0 Å². The van der Waals surface area contributed by atoms with Crippen molar-refractivity contribution in [3.8, 4) is 5.75 Å².